The van der Waals surface area contributed by atoms with Crippen LogP contribution in [0.25, 0.3) is 0 Å². The quantitative estimate of drug-likeness (QED) is 0.484. The monoisotopic (exact) mass is 303 g/mol. The Morgan fingerprint density at radius 1 is 1.53 bits per heavy atom. The third-order valence-corrected chi connectivity index (χ3v) is 2.60. The molecule has 0 aliphatic heterocycles. The summed E-state index contributed by atoms with van der Waals surface area (Å²) in [6.07, 6.45) is -0.919. The number of nitro benzene ring substituents is 1. The Morgan fingerprint density at radius 3 is 2.71 bits per heavy atom. The minimum Gasteiger partial charge on any atom is -0.471 e. The van der Waals surface area contributed by atoms with Crippen molar-refractivity contribution < 1.29 is 19.2 Å². The van der Waals surface area contributed by atoms with E-state index in [1.165, 1.54) is 26.2 Å². The second kappa shape index (κ2) is 5.62. The molecule has 0 saturated carbocycles. The number of carbonyl (C=O) groups excluding carboxylic acids is 1. The van der Waals surface area contributed by atoms with Gasteiger partial charge in [0.15, 0.2) is 6.10 Å². The Bertz CT molecular complexity index is 448. The van der Waals surface area contributed by atoms with Crippen LogP contribution < -0.4 is 4.74 Å². The highest BCUT2D eigenvalue weighted by Crippen LogP contribution is 2.35. The molecule has 1 unspecified atom stereocenters. The molecule has 0 spiro atoms. The number of halogens is 1. The number of rotatable bonds is 4. The van der Waals surface area contributed by atoms with Crippen molar-refractivity contribution >= 4 is 27.6 Å². The summed E-state index contributed by atoms with van der Waals surface area (Å²) in [7, 11) is 1.22. The maximum absolute atomic E-state index is 11.2. The third kappa shape index (κ3) is 3.16. The van der Waals surface area contributed by atoms with Gasteiger partial charge < -0.3 is 9.47 Å². The summed E-state index contributed by atoms with van der Waals surface area (Å²) < 4.78 is 10.1. The third-order valence-electron chi connectivity index (χ3n) is 1.97. The van der Waals surface area contributed by atoms with E-state index in [9.17, 15) is 14.9 Å². The summed E-state index contributed by atoms with van der Waals surface area (Å²) in [6.45, 7) is 1.45. The average molecular weight is 304 g/mol. The van der Waals surface area contributed by atoms with Crippen molar-refractivity contribution in [3.05, 3.63) is 32.8 Å². The molecule has 0 radical (unpaired) electrons. The molecule has 1 rings (SSSR count). The van der Waals surface area contributed by atoms with E-state index >= 15 is 0 Å². The molecule has 0 N–H and O–H groups in total. The fourth-order valence-corrected chi connectivity index (χ4v) is 1.60. The van der Waals surface area contributed by atoms with Crippen LogP contribution in [0.15, 0.2) is 22.7 Å². The summed E-state index contributed by atoms with van der Waals surface area (Å²) in [5, 5.41) is 10.8. The van der Waals surface area contributed by atoms with E-state index in [1.807, 2.05) is 0 Å². The van der Waals surface area contributed by atoms with Gasteiger partial charge in [0.05, 0.1) is 16.5 Å². The maximum Gasteiger partial charge on any atom is 0.346 e. The first-order valence-electron chi connectivity index (χ1n) is 4.64. The summed E-state index contributed by atoms with van der Waals surface area (Å²) in [6, 6.07) is 4.40. The zero-order chi connectivity index (χ0) is 13.0. The van der Waals surface area contributed by atoms with E-state index in [1.54, 1.807) is 6.07 Å². The average Bonchev–Trinajstić information content (AvgIpc) is 2.30. The van der Waals surface area contributed by atoms with Gasteiger partial charge >= 0.3 is 11.7 Å². The van der Waals surface area contributed by atoms with Crippen LogP contribution in [0.3, 0.4) is 0 Å². The molecule has 92 valence electrons. The van der Waals surface area contributed by atoms with Crippen molar-refractivity contribution in [2.45, 2.75) is 13.0 Å². The molecule has 0 bridgehead atoms. The molecule has 0 amide bonds. The lowest BCUT2D eigenvalue weighted by atomic mass is 10.3. The van der Waals surface area contributed by atoms with Gasteiger partial charge in [0, 0.05) is 6.07 Å². The lowest BCUT2D eigenvalue weighted by Gasteiger charge is -2.13. The van der Waals surface area contributed by atoms with Gasteiger partial charge in [0.2, 0.25) is 5.75 Å². The van der Waals surface area contributed by atoms with Crippen LogP contribution in [0.4, 0.5) is 5.69 Å². The predicted octanol–water partition coefficient (Wildman–Crippen LogP) is 2.30. The molecule has 0 heterocycles. The van der Waals surface area contributed by atoms with E-state index in [0.29, 0.717) is 4.47 Å². The highest BCUT2D eigenvalue weighted by Gasteiger charge is 2.23. The molecule has 6 nitrogen and oxygen atoms in total. The lowest BCUT2D eigenvalue weighted by molar-refractivity contribution is -0.386. The van der Waals surface area contributed by atoms with E-state index < -0.39 is 17.0 Å². The van der Waals surface area contributed by atoms with E-state index in [-0.39, 0.29) is 11.4 Å². The number of benzene rings is 1. The van der Waals surface area contributed by atoms with E-state index in [2.05, 4.69) is 20.7 Å². The fraction of sp³-hybridized carbons (Fsp3) is 0.300. The second-order valence-corrected chi connectivity index (χ2v) is 3.98. The van der Waals surface area contributed by atoms with Gasteiger partial charge in [0.25, 0.3) is 0 Å². The number of nitro groups is 1. The first-order valence-corrected chi connectivity index (χ1v) is 5.44. The van der Waals surface area contributed by atoms with Crippen LogP contribution >= 0.6 is 15.9 Å². The number of esters is 1. The van der Waals surface area contributed by atoms with Gasteiger partial charge in [-0.2, -0.15) is 0 Å². The molecule has 1 aromatic rings. The number of ether oxygens (including phenoxy) is 2. The van der Waals surface area contributed by atoms with Crippen molar-refractivity contribution in [1.29, 1.82) is 0 Å². The summed E-state index contributed by atoms with van der Waals surface area (Å²) in [4.78, 5) is 21.4. The van der Waals surface area contributed by atoms with Crippen LogP contribution in [0, 0.1) is 10.1 Å². The van der Waals surface area contributed by atoms with E-state index in [0.717, 1.165) is 0 Å². The zero-order valence-electron chi connectivity index (χ0n) is 9.18. The normalized spacial score (nSPS) is 11.7. The molecule has 0 saturated heterocycles. The summed E-state index contributed by atoms with van der Waals surface area (Å²) in [5.74, 6) is -0.592. The Balaban J connectivity index is 3.05. The number of hydrogen-bond donors (Lipinski definition) is 0. The Kier molecular flexibility index (Phi) is 4.45. The van der Waals surface area contributed by atoms with Gasteiger partial charge in [-0.15, -0.1) is 0 Å². The molecule has 0 fully saturated rings. The molecule has 0 aliphatic rings. The van der Waals surface area contributed by atoms with Crippen LogP contribution in [0.1, 0.15) is 6.92 Å². The highest BCUT2D eigenvalue weighted by molar-refractivity contribution is 9.10. The van der Waals surface area contributed by atoms with Crippen molar-refractivity contribution in [3.8, 4) is 5.75 Å². The van der Waals surface area contributed by atoms with Crippen molar-refractivity contribution in [3.63, 3.8) is 0 Å². The molecule has 17 heavy (non-hydrogen) atoms. The number of carbonyl (C=O) groups is 1. The van der Waals surface area contributed by atoms with Crippen molar-refractivity contribution in [2.24, 2.45) is 0 Å². The van der Waals surface area contributed by atoms with Gasteiger partial charge in [0.1, 0.15) is 0 Å². The molecule has 1 atom stereocenters. The van der Waals surface area contributed by atoms with Crippen LogP contribution in [0.5, 0.6) is 5.75 Å². The Labute approximate surface area is 106 Å². The first kappa shape index (κ1) is 13.4. The van der Waals surface area contributed by atoms with Crippen molar-refractivity contribution in [2.75, 3.05) is 7.11 Å². The van der Waals surface area contributed by atoms with Crippen LogP contribution in [0.2, 0.25) is 0 Å². The molecular formula is C10H10BrNO5. The maximum atomic E-state index is 11.2. The summed E-state index contributed by atoms with van der Waals surface area (Å²) >= 11 is 3.13. The SMILES string of the molecule is COC(=O)C(C)Oc1c(Br)cccc1[N+](=O)[O-]. The number of nitrogens with zero attached hydrogens (tertiary/aromatic N) is 1. The minimum atomic E-state index is -0.919. The fourth-order valence-electron chi connectivity index (χ4n) is 1.15. The number of para-hydroxylation sites is 1. The molecule has 1 aromatic carbocycles. The Morgan fingerprint density at radius 2 is 2.18 bits per heavy atom. The summed E-state index contributed by atoms with van der Waals surface area (Å²) in [5.41, 5.74) is -0.213. The number of hydrogen-bond acceptors (Lipinski definition) is 5. The van der Waals surface area contributed by atoms with Gasteiger partial charge in [-0.25, -0.2) is 4.79 Å². The van der Waals surface area contributed by atoms with Gasteiger partial charge in [-0.1, -0.05) is 6.07 Å². The zero-order valence-corrected chi connectivity index (χ0v) is 10.8. The lowest BCUT2D eigenvalue weighted by Crippen LogP contribution is -2.25. The smallest absolute Gasteiger partial charge is 0.346 e. The Hall–Kier alpha value is -1.63. The number of methoxy groups -OCH3 is 1. The minimum absolute atomic E-state index is 0.00963. The molecule has 0 aliphatic carbocycles. The van der Waals surface area contributed by atoms with Crippen LogP contribution in [-0.2, 0) is 9.53 Å². The standard InChI is InChI=1S/C10H10BrNO5/c1-6(10(13)16-2)17-9-7(11)4-3-5-8(9)12(14)15/h3-6H,1-2H3. The van der Waals surface area contributed by atoms with Gasteiger partial charge in [-0.05, 0) is 28.9 Å². The second-order valence-electron chi connectivity index (χ2n) is 3.13. The van der Waals surface area contributed by atoms with Crippen LogP contribution in [-0.4, -0.2) is 24.1 Å². The largest absolute Gasteiger partial charge is 0.471 e. The van der Waals surface area contributed by atoms with E-state index in [4.69, 9.17) is 4.74 Å². The molecular weight excluding hydrogens is 294 g/mol. The first-order chi connectivity index (χ1) is 7.97. The predicted molar refractivity (Wildman–Crippen MR) is 62.9 cm³/mol. The van der Waals surface area contributed by atoms with Crippen molar-refractivity contribution in [1.82, 2.24) is 0 Å². The molecule has 7 heteroatoms. The molecule has 0 aromatic heterocycles. The highest BCUT2D eigenvalue weighted by atomic mass is 79.9. The van der Waals surface area contributed by atoms with Gasteiger partial charge in [-0.3, -0.25) is 10.1 Å². The topological polar surface area (TPSA) is 78.7 Å².